The van der Waals surface area contributed by atoms with Crippen LogP contribution in [0, 0.1) is 10.1 Å². The molecule has 0 fully saturated rings. The maximum absolute atomic E-state index is 11.4. The summed E-state index contributed by atoms with van der Waals surface area (Å²) >= 11 is 0. The van der Waals surface area contributed by atoms with Crippen molar-refractivity contribution >= 4 is 17.6 Å². The van der Waals surface area contributed by atoms with Gasteiger partial charge in [0, 0.05) is 13.0 Å². The number of benzene rings is 1. The van der Waals surface area contributed by atoms with Gasteiger partial charge in [-0.25, -0.2) is 4.79 Å². The van der Waals surface area contributed by atoms with E-state index in [9.17, 15) is 19.7 Å². The Balaban J connectivity index is 3.48. The maximum Gasteiger partial charge on any atom is 0.338 e. The van der Waals surface area contributed by atoms with Gasteiger partial charge >= 0.3 is 17.6 Å². The molecule has 0 saturated carbocycles. The highest BCUT2D eigenvalue weighted by molar-refractivity contribution is 5.92. The van der Waals surface area contributed by atoms with Crippen molar-refractivity contribution in [2.75, 3.05) is 14.2 Å². The second-order valence-electron chi connectivity index (χ2n) is 3.37. The van der Waals surface area contributed by atoms with Crippen LogP contribution in [-0.2, 0) is 9.53 Å². The lowest BCUT2D eigenvalue weighted by Crippen LogP contribution is -2.08. The molecule has 0 aliphatic rings. The van der Waals surface area contributed by atoms with E-state index in [4.69, 9.17) is 9.47 Å². The van der Waals surface area contributed by atoms with E-state index in [2.05, 4.69) is 4.74 Å². The number of nitro benzene ring substituents is 1. The van der Waals surface area contributed by atoms with Crippen molar-refractivity contribution in [3.63, 3.8) is 0 Å². The van der Waals surface area contributed by atoms with E-state index >= 15 is 0 Å². The molecule has 0 N–H and O–H groups in total. The Kier molecular flexibility index (Phi) is 4.41. The molecule has 0 amide bonds. The summed E-state index contributed by atoms with van der Waals surface area (Å²) in [5, 5.41) is 10.9. The van der Waals surface area contributed by atoms with Crippen LogP contribution >= 0.6 is 0 Å². The molecule has 1 rings (SSSR count). The summed E-state index contributed by atoms with van der Waals surface area (Å²) < 4.78 is 14.1. The van der Waals surface area contributed by atoms with Crippen LogP contribution < -0.4 is 9.47 Å². The van der Waals surface area contributed by atoms with Gasteiger partial charge in [-0.3, -0.25) is 14.9 Å². The molecule has 0 aliphatic heterocycles. The molecule has 8 nitrogen and oxygen atoms in total. The monoisotopic (exact) mass is 269 g/mol. The summed E-state index contributed by atoms with van der Waals surface area (Å²) in [7, 11) is 2.32. The molecule has 0 bridgehead atoms. The number of esters is 2. The Morgan fingerprint density at radius 3 is 2.32 bits per heavy atom. The first kappa shape index (κ1) is 14.4. The first-order chi connectivity index (χ1) is 8.90. The zero-order valence-corrected chi connectivity index (χ0v) is 10.5. The Morgan fingerprint density at radius 1 is 1.26 bits per heavy atom. The van der Waals surface area contributed by atoms with Crippen molar-refractivity contribution in [2.45, 2.75) is 6.92 Å². The minimum absolute atomic E-state index is 0.119. The van der Waals surface area contributed by atoms with E-state index in [0.717, 1.165) is 26.2 Å². The van der Waals surface area contributed by atoms with Crippen LogP contribution in [0.15, 0.2) is 12.1 Å². The molecule has 0 radical (unpaired) electrons. The molecular formula is C11H11NO7. The second kappa shape index (κ2) is 5.80. The van der Waals surface area contributed by atoms with Gasteiger partial charge in [-0.2, -0.15) is 0 Å². The Hall–Kier alpha value is -2.64. The van der Waals surface area contributed by atoms with Crippen LogP contribution in [0.2, 0.25) is 0 Å². The van der Waals surface area contributed by atoms with E-state index in [1.54, 1.807) is 0 Å². The highest BCUT2D eigenvalue weighted by Crippen LogP contribution is 2.38. The van der Waals surface area contributed by atoms with E-state index in [1.807, 2.05) is 0 Å². The van der Waals surface area contributed by atoms with Crippen molar-refractivity contribution in [3.05, 3.63) is 27.8 Å². The van der Waals surface area contributed by atoms with Crippen molar-refractivity contribution in [2.24, 2.45) is 0 Å². The number of hydrogen-bond donors (Lipinski definition) is 0. The molecule has 0 heterocycles. The molecule has 19 heavy (non-hydrogen) atoms. The zero-order chi connectivity index (χ0) is 14.6. The minimum Gasteiger partial charge on any atom is -0.488 e. The lowest BCUT2D eigenvalue weighted by atomic mass is 10.1. The van der Waals surface area contributed by atoms with Gasteiger partial charge in [0.05, 0.1) is 24.7 Å². The highest BCUT2D eigenvalue weighted by atomic mass is 16.6. The largest absolute Gasteiger partial charge is 0.488 e. The predicted molar refractivity (Wildman–Crippen MR) is 62.3 cm³/mol. The van der Waals surface area contributed by atoms with E-state index < -0.39 is 22.5 Å². The second-order valence-corrected chi connectivity index (χ2v) is 3.37. The smallest absolute Gasteiger partial charge is 0.338 e. The SMILES string of the molecule is COC(=O)c1cc(OC(C)=O)c(OC)c([N+](=O)[O-])c1. The first-order valence-corrected chi connectivity index (χ1v) is 5.03. The summed E-state index contributed by atoms with van der Waals surface area (Å²) in [6.07, 6.45) is 0. The lowest BCUT2D eigenvalue weighted by molar-refractivity contribution is -0.385. The highest BCUT2D eigenvalue weighted by Gasteiger charge is 2.25. The van der Waals surface area contributed by atoms with Gasteiger partial charge < -0.3 is 14.2 Å². The number of ether oxygens (including phenoxy) is 3. The van der Waals surface area contributed by atoms with Gasteiger partial charge in [-0.05, 0) is 6.07 Å². The van der Waals surface area contributed by atoms with Crippen LogP contribution in [0.4, 0.5) is 5.69 Å². The average molecular weight is 269 g/mol. The van der Waals surface area contributed by atoms with Gasteiger partial charge in [0.2, 0.25) is 5.75 Å². The van der Waals surface area contributed by atoms with Crippen molar-refractivity contribution in [3.8, 4) is 11.5 Å². The van der Waals surface area contributed by atoms with Crippen LogP contribution in [-0.4, -0.2) is 31.1 Å². The van der Waals surface area contributed by atoms with Gasteiger partial charge in [0.1, 0.15) is 0 Å². The van der Waals surface area contributed by atoms with E-state index in [-0.39, 0.29) is 17.1 Å². The molecule has 1 aromatic carbocycles. The molecule has 0 aliphatic carbocycles. The number of nitrogens with zero attached hydrogens (tertiary/aromatic N) is 1. The van der Waals surface area contributed by atoms with Crippen LogP contribution in [0.25, 0.3) is 0 Å². The molecule has 0 spiro atoms. The fraction of sp³-hybridized carbons (Fsp3) is 0.273. The molecule has 0 saturated heterocycles. The van der Waals surface area contributed by atoms with Gasteiger partial charge in [-0.15, -0.1) is 0 Å². The lowest BCUT2D eigenvalue weighted by Gasteiger charge is -2.09. The third-order valence-electron chi connectivity index (χ3n) is 2.11. The van der Waals surface area contributed by atoms with Crippen LogP contribution in [0.3, 0.4) is 0 Å². The van der Waals surface area contributed by atoms with Crippen LogP contribution in [0.5, 0.6) is 11.5 Å². The van der Waals surface area contributed by atoms with Gasteiger partial charge in [0.25, 0.3) is 0 Å². The normalized spacial score (nSPS) is 9.63. The Morgan fingerprint density at radius 2 is 1.89 bits per heavy atom. The summed E-state index contributed by atoms with van der Waals surface area (Å²) in [4.78, 5) is 32.5. The summed E-state index contributed by atoms with van der Waals surface area (Å²) in [5.74, 6) is -1.95. The standard InChI is InChI=1S/C11H11NO7/c1-6(13)19-9-5-7(11(14)18-3)4-8(12(15)16)10(9)17-2/h4-5H,1-3H3. The molecule has 0 unspecified atom stereocenters. The van der Waals surface area contributed by atoms with Crippen LogP contribution in [0.1, 0.15) is 17.3 Å². The first-order valence-electron chi connectivity index (χ1n) is 5.03. The molecule has 8 heteroatoms. The topological polar surface area (TPSA) is 105 Å². The number of hydrogen-bond acceptors (Lipinski definition) is 7. The molecule has 102 valence electrons. The molecule has 1 aromatic rings. The van der Waals surface area contributed by atoms with Crippen molar-refractivity contribution in [1.82, 2.24) is 0 Å². The number of rotatable bonds is 4. The molecular weight excluding hydrogens is 258 g/mol. The summed E-state index contributed by atoms with van der Waals surface area (Å²) in [5.41, 5.74) is -0.618. The minimum atomic E-state index is -0.792. The quantitative estimate of drug-likeness (QED) is 0.351. The third kappa shape index (κ3) is 3.18. The average Bonchev–Trinajstić information content (AvgIpc) is 2.35. The van der Waals surface area contributed by atoms with E-state index in [0.29, 0.717) is 0 Å². The third-order valence-corrected chi connectivity index (χ3v) is 2.11. The number of nitro groups is 1. The maximum atomic E-state index is 11.4. The Bertz CT molecular complexity index is 538. The molecule has 0 aromatic heterocycles. The molecule has 0 atom stereocenters. The van der Waals surface area contributed by atoms with E-state index in [1.165, 1.54) is 7.11 Å². The fourth-order valence-electron chi connectivity index (χ4n) is 1.39. The summed E-state index contributed by atoms with van der Waals surface area (Å²) in [6, 6.07) is 2.12. The zero-order valence-electron chi connectivity index (χ0n) is 10.5. The number of carbonyl (C=O) groups excluding carboxylic acids is 2. The Labute approximate surface area is 108 Å². The van der Waals surface area contributed by atoms with Crippen molar-refractivity contribution in [1.29, 1.82) is 0 Å². The predicted octanol–water partition coefficient (Wildman–Crippen LogP) is 1.32. The number of carbonyl (C=O) groups is 2. The fourth-order valence-corrected chi connectivity index (χ4v) is 1.39. The van der Waals surface area contributed by atoms with Gasteiger partial charge in [0.15, 0.2) is 5.75 Å². The summed E-state index contributed by atoms with van der Waals surface area (Å²) in [6.45, 7) is 1.12. The van der Waals surface area contributed by atoms with Crippen molar-refractivity contribution < 1.29 is 28.7 Å². The van der Waals surface area contributed by atoms with Gasteiger partial charge in [-0.1, -0.05) is 0 Å². The number of methoxy groups -OCH3 is 2.